The second kappa shape index (κ2) is 2.68. The third kappa shape index (κ3) is 1.68. The molecule has 0 bridgehead atoms. The van der Waals surface area contributed by atoms with Crippen molar-refractivity contribution in [3.05, 3.63) is 0 Å². The summed E-state index contributed by atoms with van der Waals surface area (Å²) in [6, 6.07) is 0.0459. The van der Waals surface area contributed by atoms with Crippen LogP contribution in [0.5, 0.6) is 0 Å². The SMILES string of the molecule is CC1CC(O)C(F)(F)CN1C. The highest BCUT2D eigenvalue weighted by atomic mass is 19.3. The molecule has 0 amide bonds. The number of halogens is 2. The van der Waals surface area contributed by atoms with Gasteiger partial charge < -0.3 is 5.11 Å². The molecule has 1 saturated heterocycles. The van der Waals surface area contributed by atoms with Gasteiger partial charge in [0.05, 0.1) is 6.54 Å². The maximum Gasteiger partial charge on any atom is 0.285 e. The first-order chi connectivity index (χ1) is 4.93. The van der Waals surface area contributed by atoms with E-state index in [9.17, 15) is 8.78 Å². The van der Waals surface area contributed by atoms with Gasteiger partial charge in [-0.2, -0.15) is 0 Å². The average molecular weight is 165 g/mol. The molecule has 1 N–H and O–H groups in total. The summed E-state index contributed by atoms with van der Waals surface area (Å²) >= 11 is 0. The number of aliphatic hydroxyl groups excluding tert-OH is 1. The molecule has 1 rings (SSSR count). The number of hydrogen-bond acceptors (Lipinski definition) is 2. The summed E-state index contributed by atoms with van der Waals surface area (Å²) in [4.78, 5) is 1.56. The normalized spacial score (nSPS) is 39.0. The van der Waals surface area contributed by atoms with Crippen molar-refractivity contribution in [2.24, 2.45) is 0 Å². The molecule has 0 radical (unpaired) electrons. The van der Waals surface area contributed by atoms with E-state index in [1.807, 2.05) is 6.92 Å². The van der Waals surface area contributed by atoms with E-state index < -0.39 is 12.0 Å². The summed E-state index contributed by atoms with van der Waals surface area (Å²) in [6.07, 6.45) is -1.31. The van der Waals surface area contributed by atoms with Crippen molar-refractivity contribution in [2.45, 2.75) is 31.4 Å². The molecule has 1 aliphatic heterocycles. The van der Waals surface area contributed by atoms with Crippen molar-refractivity contribution >= 4 is 0 Å². The molecule has 66 valence electrons. The maximum atomic E-state index is 12.7. The zero-order valence-electron chi connectivity index (χ0n) is 6.72. The minimum absolute atomic E-state index is 0.0459. The largest absolute Gasteiger partial charge is 0.387 e. The van der Waals surface area contributed by atoms with Gasteiger partial charge >= 0.3 is 0 Å². The highest BCUT2D eigenvalue weighted by molar-refractivity contribution is 4.88. The lowest BCUT2D eigenvalue weighted by Crippen LogP contribution is -2.53. The van der Waals surface area contributed by atoms with Gasteiger partial charge in [0.2, 0.25) is 0 Å². The molecule has 0 aromatic heterocycles. The fourth-order valence-electron chi connectivity index (χ4n) is 1.27. The van der Waals surface area contributed by atoms with Crippen molar-refractivity contribution in [1.82, 2.24) is 4.90 Å². The molecule has 4 heteroatoms. The zero-order valence-corrected chi connectivity index (χ0v) is 6.72. The zero-order chi connectivity index (χ0) is 8.65. The average Bonchev–Trinajstić information content (AvgIpc) is 1.83. The van der Waals surface area contributed by atoms with E-state index in [1.165, 1.54) is 0 Å². The molecule has 0 spiro atoms. The van der Waals surface area contributed by atoms with Gasteiger partial charge in [0.15, 0.2) is 0 Å². The number of alkyl halides is 2. The Bertz CT molecular complexity index is 151. The fraction of sp³-hybridized carbons (Fsp3) is 1.00. The molecule has 0 aromatic carbocycles. The Labute approximate surface area is 64.8 Å². The quantitative estimate of drug-likeness (QED) is 0.571. The molecular weight excluding hydrogens is 152 g/mol. The summed E-state index contributed by atoms with van der Waals surface area (Å²) in [5.41, 5.74) is 0. The van der Waals surface area contributed by atoms with Crippen LogP contribution in [0.4, 0.5) is 8.78 Å². The Balaban J connectivity index is 2.63. The Hall–Kier alpha value is -0.220. The van der Waals surface area contributed by atoms with Crippen LogP contribution in [0.15, 0.2) is 0 Å². The van der Waals surface area contributed by atoms with Crippen LogP contribution < -0.4 is 0 Å². The highest BCUT2D eigenvalue weighted by Gasteiger charge is 2.44. The second-order valence-corrected chi connectivity index (χ2v) is 3.28. The topological polar surface area (TPSA) is 23.5 Å². The van der Waals surface area contributed by atoms with E-state index in [1.54, 1.807) is 11.9 Å². The smallest absolute Gasteiger partial charge is 0.285 e. The summed E-state index contributed by atoms with van der Waals surface area (Å²) in [5, 5.41) is 8.95. The summed E-state index contributed by atoms with van der Waals surface area (Å²) in [7, 11) is 1.64. The van der Waals surface area contributed by atoms with E-state index in [4.69, 9.17) is 5.11 Å². The summed E-state index contributed by atoms with van der Waals surface area (Å²) in [5.74, 6) is -2.93. The number of likely N-dealkylation sites (tertiary alicyclic amines) is 1. The predicted molar refractivity (Wildman–Crippen MR) is 37.7 cm³/mol. The van der Waals surface area contributed by atoms with E-state index >= 15 is 0 Å². The summed E-state index contributed by atoms with van der Waals surface area (Å²) < 4.78 is 25.5. The third-order valence-electron chi connectivity index (χ3n) is 2.26. The molecule has 11 heavy (non-hydrogen) atoms. The van der Waals surface area contributed by atoms with Crippen LogP contribution >= 0.6 is 0 Å². The molecule has 1 heterocycles. The first kappa shape index (κ1) is 8.87. The molecule has 2 unspecified atom stereocenters. The van der Waals surface area contributed by atoms with Crippen LogP contribution in [-0.4, -0.2) is 41.7 Å². The molecule has 1 fully saturated rings. The highest BCUT2D eigenvalue weighted by Crippen LogP contribution is 2.29. The Morgan fingerprint density at radius 3 is 2.55 bits per heavy atom. The third-order valence-corrected chi connectivity index (χ3v) is 2.26. The van der Waals surface area contributed by atoms with E-state index in [2.05, 4.69) is 0 Å². The van der Waals surface area contributed by atoms with Crippen LogP contribution in [0.2, 0.25) is 0 Å². The predicted octanol–water partition coefficient (Wildman–Crippen LogP) is 0.707. The minimum Gasteiger partial charge on any atom is -0.387 e. The monoisotopic (exact) mass is 165 g/mol. The van der Waals surface area contributed by atoms with E-state index in [0.29, 0.717) is 0 Å². The van der Waals surface area contributed by atoms with Crippen LogP contribution in [0.1, 0.15) is 13.3 Å². The first-order valence-electron chi connectivity index (χ1n) is 3.69. The van der Waals surface area contributed by atoms with Crippen molar-refractivity contribution < 1.29 is 13.9 Å². The molecule has 0 aromatic rings. The van der Waals surface area contributed by atoms with Gasteiger partial charge in [-0.15, -0.1) is 0 Å². The van der Waals surface area contributed by atoms with E-state index in [-0.39, 0.29) is 19.0 Å². The fourth-order valence-corrected chi connectivity index (χ4v) is 1.27. The van der Waals surface area contributed by atoms with Crippen molar-refractivity contribution in [3.63, 3.8) is 0 Å². The number of aliphatic hydroxyl groups is 1. The van der Waals surface area contributed by atoms with Crippen molar-refractivity contribution in [1.29, 1.82) is 0 Å². The van der Waals surface area contributed by atoms with Gasteiger partial charge in [-0.3, -0.25) is 4.90 Å². The van der Waals surface area contributed by atoms with Crippen LogP contribution in [0.25, 0.3) is 0 Å². The number of hydrogen-bond donors (Lipinski definition) is 1. The molecule has 0 saturated carbocycles. The molecule has 1 aliphatic rings. The summed E-state index contributed by atoms with van der Waals surface area (Å²) in [6.45, 7) is 1.49. The number of piperidine rings is 1. The van der Waals surface area contributed by atoms with Crippen LogP contribution in [-0.2, 0) is 0 Å². The van der Waals surface area contributed by atoms with Gasteiger partial charge in [0, 0.05) is 6.04 Å². The standard InChI is InChI=1S/C7H13F2NO/c1-5-3-6(11)7(8,9)4-10(5)2/h5-6,11H,3-4H2,1-2H3. The van der Waals surface area contributed by atoms with Gasteiger partial charge in [0.1, 0.15) is 6.10 Å². The van der Waals surface area contributed by atoms with Crippen molar-refractivity contribution in [3.8, 4) is 0 Å². The van der Waals surface area contributed by atoms with Gasteiger partial charge in [-0.1, -0.05) is 0 Å². The van der Waals surface area contributed by atoms with Gasteiger partial charge in [-0.25, -0.2) is 8.78 Å². The molecule has 0 aliphatic carbocycles. The lowest BCUT2D eigenvalue weighted by Gasteiger charge is -2.38. The minimum atomic E-state index is -2.93. The number of nitrogens with zero attached hydrogens (tertiary/aromatic N) is 1. The lowest BCUT2D eigenvalue weighted by molar-refractivity contribution is -0.157. The second-order valence-electron chi connectivity index (χ2n) is 3.28. The van der Waals surface area contributed by atoms with Gasteiger partial charge in [-0.05, 0) is 20.4 Å². The lowest BCUT2D eigenvalue weighted by atomic mass is 9.98. The van der Waals surface area contributed by atoms with Crippen LogP contribution in [0.3, 0.4) is 0 Å². The number of rotatable bonds is 0. The molecule has 2 atom stereocenters. The van der Waals surface area contributed by atoms with Crippen molar-refractivity contribution in [2.75, 3.05) is 13.6 Å². The Morgan fingerprint density at radius 2 is 2.09 bits per heavy atom. The Kier molecular flexibility index (Phi) is 2.16. The van der Waals surface area contributed by atoms with E-state index in [0.717, 1.165) is 0 Å². The first-order valence-corrected chi connectivity index (χ1v) is 3.69. The van der Waals surface area contributed by atoms with Gasteiger partial charge in [0.25, 0.3) is 5.92 Å². The molecular formula is C7H13F2NO. The maximum absolute atomic E-state index is 12.7. The van der Waals surface area contributed by atoms with Crippen LogP contribution in [0, 0.1) is 0 Å². The Morgan fingerprint density at radius 1 is 1.55 bits per heavy atom. The molecule has 2 nitrogen and oxygen atoms in total.